The van der Waals surface area contributed by atoms with E-state index in [4.69, 9.17) is 0 Å². The molecule has 4 aromatic rings. The van der Waals surface area contributed by atoms with Crippen molar-refractivity contribution >= 4 is 128 Å². The average Bonchev–Trinajstić information content (AvgIpc) is 2.94. The molecule has 0 atom stereocenters. The third-order valence-corrected chi connectivity index (χ3v) is 12.3. The van der Waals surface area contributed by atoms with Crippen molar-refractivity contribution in [2.75, 3.05) is 0 Å². The number of hydrogen-bond acceptors (Lipinski definition) is 6. The van der Waals surface area contributed by atoms with Crippen LogP contribution in [0.5, 0.6) is 11.5 Å². The van der Waals surface area contributed by atoms with Gasteiger partial charge in [-0.3, -0.25) is 19.2 Å². The number of rotatable bonds is 0. The average molecular weight is 961 g/mol. The summed E-state index contributed by atoms with van der Waals surface area (Å²) in [5.41, 5.74) is -2.09. The van der Waals surface area contributed by atoms with Gasteiger partial charge in [-0.25, -0.2) is 0 Å². The quantitative estimate of drug-likeness (QED) is 0.0895. The molecule has 13 heteroatoms. The summed E-state index contributed by atoms with van der Waals surface area (Å²) in [7, 11) is 0. The van der Waals surface area contributed by atoms with Crippen LogP contribution in [0, 0.1) is 14.3 Å². The van der Waals surface area contributed by atoms with Gasteiger partial charge < -0.3 is 20.2 Å². The molecule has 0 amide bonds. The second-order valence-electron chi connectivity index (χ2n) is 6.36. The molecule has 4 rings (SSSR count). The summed E-state index contributed by atoms with van der Waals surface area (Å²) in [6.45, 7) is 0. The number of nitrogens with one attached hydrogen (secondary N) is 2. The minimum Gasteiger partial charge on any atom is -0.507 e. The van der Waals surface area contributed by atoms with Crippen molar-refractivity contribution < 1.29 is 10.2 Å². The number of aromatic nitrogens is 2. The van der Waals surface area contributed by atoms with Crippen molar-refractivity contribution in [3.63, 3.8) is 0 Å². The fourth-order valence-corrected chi connectivity index (χ4v) is 6.93. The molecule has 33 heavy (non-hydrogen) atoms. The van der Waals surface area contributed by atoms with Gasteiger partial charge in [0.2, 0.25) is 10.9 Å². The van der Waals surface area contributed by atoms with Crippen molar-refractivity contribution in [2.45, 2.75) is 0 Å². The molecule has 0 radical (unpaired) electrons. The molecule has 2 aromatic heterocycles. The van der Waals surface area contributed by atoms with Crippen LogP contribution in [0.2, 0.25) is 0 Å². The zero-order valence-electron chi connectivity index (χ0n) is 15.8. The van der Waals surface area contributed by atoms with Gasteiger partial charge in [-0.2, -0.15) is 0 Å². The van der Waals surface area contributed by atoms with Gasteiger partial charge in [-0.1, -0.05) is 6.07 Å². The van der Waals surface area contributed by atoms with Gasteiger partial charge in [0.05, 0.1) is 25.4 Å². The fourth-order valence-electron chi connectivity index (χ4n) is 2.76. The Hall–Kier alpha value is -0.800. The SMILES string of the molecule is O=c1cc(O)c2c(Br)cccc2[nH]c1=O.O=c1cc(O)c2c(I)c(I)c(I)c(I)c2[nH]c1=O. The molecule has 0 aliphatic rings. The Bertz CT molecular complexity index is 1690. The van der Waals surface area contributed by atoms with E-state index in [-0.39, 0.29) is 11.5 Å². The normalized spacial score (nSPS) is 10.7. The molecule has 0 bridgehead atoms. The third-order valence-electron chi connectivity index (χ3n) is 4.26. The highest BCUT2D eigenvalue weighted by atomic mass is 127. The number of benzene rings is 2. The van der Waals surface area contributed by atoms with Crippen LogP contribution in [0.15, 0.2) is 54.0 Å². The maximum absolute atomic E-state index is 11.6. The first-order chi connectivity index (χ1) is 15.4. The molecular weight excluding hydrogens is 952 g/mol. The number of fused-ring (bicyclic) bond motifs is 2. The summed E-state index contributed by atoms with van der Waals surface area (Å²) in [4.78, 5) is 50.3. The maximum atomic E-state index is 11.6. The molecule has 0 aliphatic carbocycles. The summed E-state index contributed by atoms with van der Waals surface area (Å²) in [6.07, 6.45) is 0. The van der Waals surface area contributed by atoms with Crippen molar-refractivity contribution in [2.24, 2.45) is 0 Å². The predicted octanol–water partition coefficient (Wildman–Crippen LogP) is 4.37. The molecular formula is C20H9BrI4N2O6. The summed E-state index contributed by atoms with van der Waals surface area (Å²) in [5, 5.41) is 20.5. The monoisotopic (exact) mass is 960 g/mol. The Labute approximate surface area is 246 Å². The molecule has 170 valence electrons. The topological polar surface area (TPSA) is 140 Å². The van der Waals surface area contributed by atoms with Gasteiger partial charge >= 0.3 is 0 Å². The van der Waals surface area contributed by atoms with Gasteiger partial charge in [-0.05, 0) is 118 Å². The summed E-state index contributed by atoms with van der Waals surface area (Å²) >= 11 is 11.8. The van der Waals surface area contributed by atoms with Crippen molar-refractivity contribution in [3.8, 4) is 11.5 Å². The second kappa shape index (κ2) is 10.9. The van der Waals surface area contributed by atoms with Crippen molar-refractivity contribution in [3.05, 3.63) is 90.2 Å². The highest BCUT2D eigenvalue weighted by Gasteiger charge is 2.16. The number of aromatic amines is 2. The first kappa shape index (κ1) is 26.8. The zero-order chi connectivity index (χ0) is 24.6. The van der Waals surface area contributed by atoms with Crippen LogP contribution in [0.1, 0.15) is 0 Å². The van der Waals surface area contributed by atoms with Crippen molar-refractivity contribution in [1.29, 1.82) is 0 Å². The minimum absolute atomic E-state index is 0.176. The van der Waals surface area contributed by atoms with E-state index in [1.54, 1.807) is 18.2 Å². The zero-order valence-corrected chi connectivity index (χ0v) is 26.0. The van der Waals surface area contributed by atoms with Gasteiger partial charge in [0.25, 0.3) is 11.1 Å². The standard InChI is InChI=1S/C10H6BrNO3.C10H3I4NO3/c11-5-2-1-3-6-9(5)7(13)4-8(14)10(15)12-6;11-5-4-2(16)1-3(17)10(18)15-9(4)8(14)7(13)6(5)12/h1-4,13H,(H,12,14,15);1,16H,(H,15,17,18). The number of halogens is 5. The van der Waals surface area contributed by atoms with Gasteiger partial charge in [0, 0.05) is 27.3 Å². The van der Waals surface area contributed by atoms with Crippen molar-refractivity contribution in [1.82, 2.24) is 9.97 Å². The number of hydrogen-bond donors (Lipinski definition) is 4. The third kappa shape index (κ3) is 5.56. The van der Waals surface area contributed by atoms with Gasteiger partial charge in [-0.15, -0.1) is 0 Å². The van der Waals surface area contributed by atoms with E-state index < -0.39 is 22.0 Å². The first-order valence-corrected chi connectivity index (χ1v) is 13.7. The van der Waals surface area contributed by atoms with Gasteiger partial charge in [0.15, 0.2) is 0 Å². The van der Waals surface area contributed by atoms with E-state index in [0.717, 1.165) is 26.4 Å². The molecule has 0 saturated carbocycles. The lowest BCUT2D eigenvalue weighted by Gasteiger charge is -2.08. The molecule has 0 unspecified atom stereocenters. The van der Waals surface area contributed by atoms with E-state index in [1.807, 2.05) is 0 Å². The molecule has 2 aromatic carbocycles. The molecule has 0 fully saturated rings. The highest BCUT2D eigenvalue weighted by molar-refractivity contribution is 14.1. The van der Waals surface area contributed by atoms with Crippen LogP contribution in [0.4, 0.5) is 0 Å². The van der Waals surface area contributed by atoms with Crippen LogP contribution in [-0.4, -0.2) is 20.2 Å². The van der Waals surface area contributed by atoms with E-state index in [2.05, 4.69) is 116 Å². The Morgan fingerprint density at radius 1 is 0.697 bits per heavy atom. The fraction of sp³-hybridized carbons (Fsp3) is 0. The Morgan fingerprint density at radius 2 is 1.21 bits per heavy atom. The summed E-state index contributed by atoms with van der Waals surface area (Å²) < 4.78 is 4.22. The molecule has 0 saturated heterocycles. The van der Waals surface area contributed by atoms with E-state index >= 15 is 0 Å². The van der Waals surface area contributed by atoms with Crippen LogP contribution >= 0.6 is 106 Å². The molecule has 2 heterocycles. The van der Waals surface area contributed by atoms with Gasteiger partial charge in [0.1, 0.15) is 11.5 Å². The van der Waals surface area contributed by atoms with Crippen LogP contribution in [0.25, 0.3) is 21.8 Å². The van der Waals surface area contributed by atoms with E-state index in [0.29, 0.717) is 26.3 Å². The van der Waals surface area contributed by atoms with E-state index in [1.165, 1.54) is 0 Å². The first-order valence-electron chi connectivity index (χ1n) is 8.61. The second-order valence-corrected chi connectivity index (χ2v) is 11.5. The Morgan fingerprint density at radius 3 is 1.82 bits per heavy atom. The minimum atomic E-state index is -0.768. The largest absolute Gasteiger partial charge is 0.507 e. The smallest absolute Gasteiger partial charge is 0.296 e. The van der Waals surface area contributed by atoms with E-state index in [9.17, 15) is 29.4 Å². The highest BCUT2D eigenvalue weighted by Crippen LogP contribution is 2.36. The lowest BCUT2D eigenvalue weighted by atomic mass is 10.2. The van der Waals surface area contributed by atoms with Crippen LogP contribution < -0.4 is 22.0 Å². The Balaban J connectivity index is 0.000000189. The van der Waals surface area contributed by atoms with Crippen LogP contribution in [-0.2, 0) is 0 Å². The number of H-pyrrole nitrogens is 2. The lowest BCUT2D eigenvalue weighted by molar-refractivity contribution is 0.481. The van der Waals surface area contributed by atoms with Crippen LogP contribution in [0.3, 0.4) is 0 Å². The maximum Gasteiger partial charge on any atom is 0.296 e. The number of aromatic hydroxyl groups is 2. The lowest BCUT2D eigenvalue weighted by Crippen LogP contribution is -2.22. The summed E-state index contributed by atoms with van der Waals surface area (Å²) in [6, 6.07) is 6.89. The predicted molar refractivity (Wildman–Crippen MR) is 164 cm³/mol. The molecule has 4 N–H and O–H groups in total. The molecule has 0 spiro atoms. The molecule has 8 nitrogen and oxygen atoms in total. The summed E-state index contributed by atoms with van der Waals surface area (Å²) in [5.74, 6) is -0.397. The molecule has 0 aliphatic heterocycles. The Kier molecular flexibility index (Phi) is 8.82.